The van der Waals surface area contributed by atoms with Crippen LogP contribution >= 0.6 is 11.6 Å². The molecule has 1 heterocycles. The fraction of sp³-hybridized carbons (Fsp3) is 0.172. The Kier molecular flexibility index (Phi) is 8.75. The number of rotatable bonds is 11. The van der Waals surface area contributed by atoms with Crippen molar-refractivity contribution in [3.63, 3.8) is 0 Å². The van der Waals surface area contributed by atoms with Gasteiger partial charge in [0.05, 0.1) is 6.54 Å². The Morgan fingerprint density at radius 3 is 2.21 bits per heavy atom. The number of aromatic nitrogens is 2. The van der Waals surface area contributed by atoms with Crippen molar-refractivity contribution in [2.24, 2.45) is 0 Å². The molecule has 4 rings (SSSR count). The largest absolute Gasteiger partial charge is 0.479 e. The molecule has 10 heteroatoms. The second kappa shape index (κ2) is 12.4. The Labute approximate surface area is 229 Å². The molecule has 0 spiro atoms. The van der Waals surface area contributed by atoms with Crippen molar-refractivity contribution in [3.05, 3.63) is 112 Å². The van der Waals surface area contributed by atoms with Gasteiger partial charge < -0.3 is 20.6 Å². The van der Waals surface area contributed by atoms with Crippen LogP contribution in [0.2, 0.25) is 5.02 Å². The molecule has 0 fully saturated rings. The number of carboxylic acid groups (broad SMARTS) is 2. The van der Waals surface area contributed by atoms with Crippen LogP contribution in [0.15, 0.2) is 84.9 Å². The van der Waals surface area contributed by atoms with Crippen LogP contribution < -0.4 is 5.32 Å². The van der Waals surface area contributed by atoms with E-state index in [1.807, 2.05) is 54.6 Å². The van der Waals surface area contributed by atoms with Gasteiger partial charge in [0.25, 0.3) is 5.91 Å². The van der Waals surface area contributed by atoms with Crippen LogP contribution in [0.25, 0.3) is 11.1 Å². The van der Waals surface area contributed by atoms with Gasteiger partial charge in [0.15, 0.2) is 11.8 Å². The first-order valence-electron chi connectivity index (χ1n) is 12.1. The highest BCUT2D eigenvalue weighted by molar-refractivity contribution is 6.30. The molecule has 9 nitrogen and oxygen atoms in total. The molecule has 0 aliphatic heterocycles. The van der Waals surface area contributed by atoms with Crippen LogP contribution in [-0.4, -0.2) is 55.1 Å². The summed E-state index contributed by atoms with van der Waals surface area (Å²) in [6.45, 7) is 0.0738. The molecule has 4 N–H and O–H groups in total. The molecule has 0 aliphatic rings. The number of aliphatic hydroxyl groups is 1. The van der Waals surface area contributed by atoms with Gasteiger partial charge in [-0.25, -0.2) is 9.59 Å². The number of carbonyl (C=O) groups excluding carboxylic acids is 1. The summed E-state index contributed by atoms with van der Waals surface area (Å²) in [6, 6.07) is 24.6. The van der Waals surface area contributed by atoms with Gasteiger partial charge in [0.2, 0.25) is 0 Å². The van der Waals surface area contributed by atoms with E-state index < -0.39 is 30.0 Å². The maximum Gasteiger partial charge on any atom is 0.354 e. The molecule has 0 aliphatic carbocycles. The number of benzene rings is 3. The summed E-state index contributed by atoms with van der Waals surface area (Å²) >= 11 is 6.02. The molecular formula is C29H26ClN3O6. The van der Waals surface area contributed by atoms with Crippen LogP contribution in [0.5, 0.6) is 0 Å². The van der Waals surface area contributed by atoms with Crippen LogP contribution in [0.1, 0.15) is 38.5 Å². The topological polar surface area (TPSA) is 142 Å². The summed E-state index contributed by atoms with van der Waals surface area (Å²) in [5, 5.41) is 36.2. The number of aliphatic hydroxyl groups excluding tert-OH is 1. The zero-order chi connectivity index (χ0) is 27.9. The smallest absolute Gasteiger partial charge is 0.354 e. The molecular weight excluding hydrogens is 522 g/mol. The van der Waals surface area contributed by atoms with E-state index in [4.69, 9.17) is 11.6 Å². The Bertz CT molecular complexity index is 1470. The molecule has 39 heavy (non-hydrogen) atoms. The Balaban J connectivity index is 1.53. The summed E-state index contributed by atoms with van der Waals surface area (Å²) in [5.74, 6) is -3.36. The van der Waals surface area contributed by atoms with E-state index in [0.29, 0.717) is 10.6 Å². The van der Waals surface area contributed by atoms with Crippen molar-refractivity contribution in [1.29, 1.82) is 0 Å². The SMILES string of the molecule is O=C(NC(Cc1ccc(-c2ccccc2)cc1)CC(O)C(=O)O)c1cc(C(=O)O)n(Cc2cccc(Cl)c2)n1. The lowest BCUT2D eigenvalue weighted by Crippen LogP contribution is -2.40. The average Bonchev–Trinajstić information content (AvgIpc) is 3.34. The van der Waals surface area contributed by atoms with Crippen molar-refractivity contribution in [3.8, 4) is 11.1 Å². The van der Waals surface area contributed by atoms with E-state index in [2.05, 4.69) is 10.4 Å². The third-order valence-electron chi connectivity index (χ3n) is 6.12. The number of hydrogen-bond donors (Lipinski definition) is 4. The van der Waals surface area contributed by atoms with E-state index in [1.54, 1.807) is 24.3 Å². The maximum absolute atomic E-state index is 13.1. The van der Waals surface area contributed by atoms with Gasteiger partial charge in [0.1, 0.15) is 5.69 Å². The monoisotopic (exact) mass is 547 g/mol. The van der Waals surface area contributed by atoms with Gasteiger partial charge in [0, 0.05) is 23.6 Å². The number of nitrogens with one attached hydrogen (secondary N) is 1. The van der Waals surface area contributed by atoms with E-state index in [-0.39, 0.29) is 30.8 Å². The molecule has 3 aromatic carbocycles. The number of halogens is 1. The highest BCUT2D eigenvalue weighted by atomic mass is 35.5. The lowest BCUT2D eigenvalue weighted by molar-refractivity contribution is -0.147. The third-order valence-corrected chi connectivity index (χ3v) is 6.36. The fourth-order valence-electron chi connectivity index (χ4n) is 4.20. The minimum absolute atomic E-state index is 0.0738. The predicted octanol–water partition coefficient (Wildman–Crippen LogP) is 4.13. The van der Waals surface area contributed by atoms with Gasteiger partial charge in [-0.1, -0.05) is 78.3 Å². The van der Waals surface area contributed by atoms with Gasteiger partial charge >= 0.3 is 11.9 Å². The van der Waals surface area contributed by atoms with Gasteiger partial charge in [-0.3, -0.25) is 9.48 Å². The number of aliphatic carboxylic acids is 1. The summed E-state index contributed by atoms with van der Waals surface area (Å²) < 4.78 is 1.19. The van der Waals surface area contributed by atoms with Crippen molar-refractivity contribution in [2.75, 3.05) is 0 Å². The highest BCUT2D eigenvalue weighted by Crippen LogP contribution is 2.21. The van der Waals surface area contributed by atoms with Crippen LogP contribution in [0.3, 0.4) is 0 Å². The van der Waals surface area contributed by atoms with Crippen molar-refractivity contribution < 1.29 is 29.7 Å². The second-order valence-corrected chi connectivity index (χ2v) is 9.47. The predicted molar refractivity (Wildman–Crippen MR) is 145 cm³/mol. The molecule has 2 atom stereocenters. The number of amides is 1. The van der Waals surface area contributed by atoms with Crippen LogP contribution in [0, 0.1) is 0 Å². The Morgan fingerprint density at radius 2 is 1.56 bits per heavy atom. The van der Waals surface area contributed by atoms with Crippen LogP contribution in [-0.2, 0) is 17.8 Å². The van der Waals surface area contributed by atoms with Gasteiger partial charge in [-0.2, -0.15) is 5.10 Å². The Morgan fingerprint density at radius 1 is 0.872 bits per heavy atom. The number of nitrogens with zero attached hydrogens (tertiary/aromatic N) is 2. The van der Waals surface area contributed by atoms with Crippen molar-refractivity contribution in [1.82, 2.24) is 15.1 Å². The quantitative estimate of drug-likeness (QED) is 0.221. The van der Waals surface area contributed by atoms with Gasteiger partial charge in [-0.15, -0.1) is 0 Å². The van der Waals surface area contributed by atoms with E-state index in [0.717, 1.165) is 22.8 Å². The molecule has 0 saturated carbocycles. The minimum Gasteiger partial charge on any atom is -0.479 e. The molecule has 1 amide bonds. The standard InChI is InChI=1S/C29H26ClN3O6/c30-22-8-4-5-19(13-22)17-33-25(28(36)37)16-24(32-33)27(35)31-23(15-26(34)29(38)39)14-18-9-11-21(12-10-18)20-6-2-1-3-7-20/h1-13,16,23,26,34H,14-15,17H2,(H,31,35)(H,36,37)(H,38,39). The number of carboxylic acids is 2. The Hall–Kier alpha value is -4.47. The first-order valence-corrected chi connectivity index (χ1v) is 12.5. The highest BCUT2D eigenvalue weighted by Gasteiger charge is 2.25. The normalized spacial score (nSPS) is 12.5. The van der Waals surface area contributed by atoms with E-state index in [9.17, 15) is 29.7 Å². The van der Waals surface area contributed by atoms with Crippen molar-refractivity contribution >= 4 is 29.4 Å². The lowest BCUT2D eigenvalue weighted by atomic mass is 9.97. The number of hydrogen-bond acceptors (Lipinski definition) is 5. The molecule has 0 radical (unpaired) electrons. The average molecular weight is 548 g/mol. The van der Waals surface area contributed by atoms with E-state index >= 15 is 0 Å². The van der Waals surface area contributed by atoms with Gasteiger partial charge in [-0.05, 0) is 40.8 Å². The zero-order valence-corrected chi connectivity index (χ0v) is 21.5. The summed E-state index contributed by atoms with van der Waals surface area (Å²) in [5.41, 5.74) is 3.20. The molecule has 200 valence electrons. The first kappa shape index (κ1) is 27.6. The maximum atomic E-state index is 13.1. The molecule has 2 unspecified atom stereocenters. The molecule has 0 saturated heterocycles. The summed E-state index contributed by atoms with van der Waals surface area (Å²) in [6.07, 6.45) is -1.72. The molecule has 4 aromatic rings. The minimum atomic E-state index is -1.70. The number of aromatic carboxylic acids is 1. The third kappa shape index (κ3) is 7.31. The zero-order valence-electron chi connectivity index (χ0n) is 20.7. The second-order valence-electron chi connectivity index (χ2n) is 9.03. The van der Waals surface area contributed by atoms with Crippen LogP contribution in [0.4, 0.5) is 0 Å². The molecule has 0 bridgehead atoms. The summed E-state index contributed by atoms with van der Waals surface area (Å²) in [4.78, 5) is 36.2. The number of carbonyl (C=O) groups is 3. The van der Waals surface area contributed by atoms with Crippen molar-refractivity contribution in [2.45, 2.75) is 31.5 Å². The first-order chi connectivity index (χ1) is 18.7. The lowest BCUT2D eigenvalue weighted by Gasteiger charge is -2.20. The van der Waals surface area contributed by atoms with E-state index in [1.165, 1.54) is 4.68 Å². The summed E-state index contributed by atoms with van der Waals surface area (Å²) in [7, 11) is 0. The molecule has 1 aromatic heterocycles. The fourth-order valence-corrected chi connectivity index (χ4v) is 4.41.